The maximum atomic E-state index is 12.9. The Morgan fingerprint density at radius 1 is 1.10 bits per heavy atom. The van der Waals surface area contributed by atoms with Gasteiger partial charge in [-0.05, 0) is 35.1 Å². The van der Waals surface area contributed by atoms with Crippen molar-refractivity contribution in [1.82, 2.24) is 5.32 Å². The molecule has 0 saturated carbocycles. The van der Waals surface area contributed by atoms with Crippen LogP contribution in [-0.4, -0.2) is 29.5 Å². The molecule has 12 heteroatoms. The van der Waals surface area contributed by atoms with E-state index < -0.39 is 30.2 Å². The number of nitrogens with one attached hydrogen (secondary N) is 3. The molecule has 1 amide bonds. The largest absolute Gasteiger partial charge is 0.429 e. The van der Waals surface area contributed by atoms with Gasteiger partial charge in [0.05, 0.1) is 16.4 Å². The second kappa shape index (κ2) is 9.74. The third-order valence-corrected chi connectivity index (χ3v) is 3.99. The molecule has 30 heavy (non-hydrogen) atoms. The fraction of sp³-hybridized carbons (Fsp3) is 0.111. The third-order valence-electron chi connectivity index (χ3n) is 3.67. The molecule has 2 rings (SSSR count). The first-order chi connectivity index (χ1) is 14.1. The fourth-order valence-electron chi connectivity index (χ4n) is 2.24. The second-order valence-corrected chi connectivity index (χ2v) is 6.19. The van der Waals surface area contributed by atoms with Gasteiger partial charge in [0.2, 0.25) is 5.96 Å². The SMILES string of the molecule is N=NN=C(N)NC(=O)c1ccc(C(CC(=N)C(F)(F)F)=Nc2ccccc2Cl)cc1. The van der Waals surface area contributed by atoms with Crippen LogP contribution in [0.1, 0.15) is 22.3 Å². The van der Waals surface area contributed by atoms with E-state index in [0.29, 0.717) is 0 Å². The molecule has 0 unspecified atom stereocenters. The van der Waals surface area contributed by atoms with E-state index in [2.05, 4.69) is 20.6 Å². The molecule has 0 spiro atoms. The molecule has 0 saturated heterocycles. The van der Waals surface area contributed by atoms with Crippen molar-refractivity contribution in [2.24, 2.45) is 21.1 Å². The van der Waals surface area contributed by atoms with Gasteiger partial charge in [-0.2, -0.15) is 18.7 Å². The lowest BCUT2D eigenvalue weighted by molar-refractivity contribution is -0.0605. The summed E-state index contributed by atoms with van der Waals surface area (Å²) in [6.07, 6.45) is -5.59. The van der Waals surface area contributed by atoms with E-state index in [1.165, 1.54) is 36.4 Å². The van der Waals surface area contributed by atoms with E-state index in [1.807, 2.05) is 0 Å². The zero-order valence-electron chi connectivity index (χ0n) is 15.2. The van der Waals surface area contributed by atoms with Crippen molar-refractivity contribution in [3.8, 4) is 0 Å². The summed E-state index contributed by atoms with van der Waals surface area (Å²) in [5.41, 5.74) is 11.0. The highest BCUT2D eigenvalue weighted by molar-refractivity contribution is 6.33. The Kier molecular flexibility index (Phi) is 7.37. The molecular formula is C18H15ClF3N7O. The van der Waals surface area contributed by atoms with E-state index >= 15 is 0 Å². The van der Waals surface area contributed by atoms with Crippen molar-refractivity contribution in [2.45, 2.75) is 12.6 Å². The maximum Gasteiger partial charge on any atom is 0.429 e. The minimum Gasteiger partial charge on any atom is -0.368 e. The van der Waals surface area contributed by atoms with Crippen LogP contribution in [0, 0.1) is 10.9 Å². The molecule has 5 N–H and O–H groups in total. The first-order valence-electron chi connectivity index (χ1n) is 8.20. The smallest absolute Gasteiger partial charge is 0.368 e. The van der Waals surface area contributed by atoms with E-state index in [1.54, 1.807) is 12.1 Å². The summed E-state index contributed by atoms with van der Waals surface area (Å²) >= 11 is 6.04. The molecule has 2 aromatic rings. The molecule has 156 valence electrons. The molecule has 0 atom stereocenters. The van der Waals surface area contributed by atoms with Crippen molar-refractivity contribution in [3.63, 3.8) is 0 Å². The van der Waals surface area contributed by atoms with Crippen molar-refractivity contribution in [3.05, 3.63) is 64.7 Å². The number of carbonyl (C=O) groups excluding carboxylic acids is 1. The van der Waals surface area contributed by atoms with Gasteiger partial charge in [0.25, 0.3) is 5.91 Å². The molecular weight excluding hydrogens is 423 g/mol. The summed E-state index contributed by atoms with van der Waals surface area (Å²) in [6, 6.07) is 11.8. The molecule has 0 heterocycles. The molecule has 0 fully saturated rings. The van der Waals surface area contributed by atoms with Crippen molar-refractivity contribution >= 4 is 40.6 Å². The van der Waals surface area contributed by atoms with Crippen LogP contribution in [0.15, 0.2) is 63.8 Å². The first-order valence-corrected chi connectivity index (χ1v) is 8.58. The van der Waals surface area contributed by atoms with Gasteiger partial charge in [-0.25, -0.2) is 0 Å². The van der Waals surface area contributed by atoms with Crippen LogP contribution in [0.5, 0.6) is 0 Å². The monoisotopic (exact) mass is 437 g/mol. The lowest BCUT2D eigenvalue weighted by Gasteiger charge is -2.12. The van der Waals surface area contributed by atoms with Gasteiger partial charge in [0, 0.05) is 12.0 Å². The molecule has 0 aromatic heterocycles. The Morgan fingerprint density at radius 2 is 1.70 bits per heavy atom. The molecule has 0 aliphatic heterocycles. The second-order valence-electron chi connectivity index (χ2n) is 5.78. The van der Waals surface area contributed by atoms with E-state index in [4.69, 9.17) is 28.3 Å². The van der Waals surface area contributed by atoms with Crippen LogP contribution in [0.25, 0.3) is 0 Å². The Hall–Kier alpha value is -3.60. The van der Waals surface area contributed by atoms with Crippen LogP contribution >= 0.6 is 11.6 Å². The standard InChI is InChI=1S/C18H15ClF3N7O/c19-12-3-1-2-4-13(12)26-14(9-15(23)18(20,21)22)10-5-7-11(8-6-10)16(30)27-17(24)28-29-25/h1-8,23H,9H2,(H4,24,25,27,28,30). The van der Waals surface area contributed by atoms with Crippen molar-refractivity contribution in [2.75, 3.05) is 0 Å². The summed E-state index contributed by atoms with van der Waals surface area (Å²) in [6.45, 7) is 0. The lowest BCUT2D eigenvalue weighted by Crippen LogP contribution is -2.36. The Bertz CT molecular complexity index is 1020. The van der Waals surface area contributed by atoms with Gasteiger partial charge in [-0.1, -0.05) is 41.0 Å². The summed E-state index contributed by atoms with van der Waals surface area (Å²) in [7, 11) is 0. The van der Waals surface area contributed by atoms with E-state index in [-0.39, 0.29) is 27.5 Å². The van der Waals surface area contributed by atoms with Crippen molar-refractivity contribution < 1.29 is 18.0 Å². The van der Waals surface area contributed by atoms with Crippen LogP contribution in [0.3, 0.4) is 0 Å². The predicted molar refractivity (Wildman–Crippen MR) is 107 cm³/mol. The molecule has 2 aromatic carbocycles. The lowest BCUT2D eigenvalue weighted by atomic mass is 10.0. The zero-order chi connectivity index (χ0) is 22.3. The molecule has 0 aliphatic carbocycles. The number of para-hydroxylation sites is 1. The van der Waals surface area contributed by atoms with Gasteiger partial charge in [0.1, 0.15) is 5.71 Å². The number of rotatable bonds is 6. The number of carbonyl (C=O) groups is 1. The van der Waals surface area contributed by atoms with Gasteiger partial charge >= 0.3 is 6.18 Å². The normalized spacial score (nSPS) is 12.4. The van der Waals surface area contributed by atoms with Crippen molar-refractivity contribution in [1.29, 1.82) is 10.9 Å². The number of alkyl halides is 3. The molecule has 8 nitrogen and oxygen atoms in total. The summed E-state index contributed by atoms with van der Waals surface area (Å²) in [5, 5.41) is 15.5. The zero-order valence-corrected chi connectivity index (χ0v) is 15.9. The number of halogens is 4. The van der Waals surface area contributed by atoms with Crippen LogP contribution in [-0.2, 0) is 0 Å². The fourth-order valence-corrected chi connectivity index (χ4v) is 2.42. The number of nitrogens with zero attached hydrogens (tertiary/aromatic N) is 3. The Balaban J connectivity index is 2.38. The third kappa shape index (κ3) is 6.21. The maximum absolute atomic E-state index is 12.9. The summed E-state index contributed by atoms with van der Waals surface area (Å²) in [5.74, 6) is -1.04. The Morgan fingerprint density at radius 3 is 2.27 bits per heavy atom. The van der Waals surface area contributed by atoms with Crippen LogP contribution < -0.4 is 11.1 Å². The number of nitrogens with two attached hydrogens (primary N) is 1. The number of hydrogen-bond donors (Lipinski definition) is 4. The quantitative estimate of drug-likeness (QED) is 0.230. The molecule has 0 radical (unpaired) electrons. The van der Waals surface area contributed by atoms with Gasteiger partial charge in [-0.15, -0.1) is 0 Å². The van der Waals surface area contributed by atoms with E-state index in [9.17, 15) is 18.0 Å². The minimum absolute atomic E-state index is 0.0496. The number of guanidine groups is 1. The van der Waals surface area contributed by atoms with Gasteiger partial charge in [-0.3, -0.25) is 15.1 Å². The summed E-state index contributed by atoms with van der Waals surface area (Å²) in [4.78, 5) is 16.3. The van der Waals surface area contributed by atoms with Gasteiger partial charge < -0.3 is 11.1 Å². The van der Waals surface area contributed by atoms with Crippen LogP contribution in [0.2, 0.25) is 5.02 Å². The first kappa shape index (κ1) is 22.7. The van der Waals surface area contributed by atoms with Crippen LogP contribution in [0.4, 0.5) is 18.9 Å². The Labute approximate surface area is 173 Å². The number of hydrogen-bond acceptors (Lipinski definition) is 5. The van der Waals surface area contributed by atoms with Gasteiger partial charge in [0.15, 0.2) is 0 Å². The number of amides is 1. The highest BCUT2D eigenvalue weighted by Gasteiger charge is 2.35. The topological polar surface area (TPSA) is 140 Å². The summed E-state index contributed by atoms with van der Waals surface area (Å²) < 4.78 is 38.7. The number of benzene rings is 2. The molecule has 0 bridgehead atoms. The van der Waals surface area contributed by atoms with E-state index in [0.717, 1.165) is 0 Å². The average molecular weight is 438 g/mol. The highest BCUT2D eigenvalue weighted by atomic mass is 35.5. The average Bonchev–Trinajstić information content (AvgIpc) is 2.68. The highest BCUT2D eigenvalue weighted by Crippen LogP contribution is 2.27. The predicted octanol–water partition coefficient (Wildman–Crippen LogP) is 4.42. The number of aliphatic imine (C=N–C) groups is 1. The minimum atomic E-state index is -4.80. The molecule has 0 aliphatic rings.